The first-order chi connectivity index (χ1) is 19.7. The molecule has 3 heterocycles. The summed E-state index contributed by atoms with van der Waals surface area (Å²) in [4.78, 5) is 19.2. The van der Waals surface area contributed by atoms with Gasteiger partial charge in [-0.25, -0.2) is 0 Å². The predicted molar refractivity (Wildman–Crippen MR) is 166 cm³/mol. The first kappa shape index (κ1) is 28.3. The van der Waals surface area contributed by atoms with E-state index in [9.17, 15) is 4.79 Å². The van der Waals surface area contributed by atoms with Gasteiger partial charge in [-0.2, -0.15) is 0 Å². The van der Waals surface area contributed by atoms with Crippen molar-refractivity contribution in [3.8, 4) is 11.4 Å². The third-order valence-corrected chi connectivity index (χ3v) is 7.88. The topological polar surface area (TPSA) is 80.7 Å². The Bertz CT molecular complexity index is 1580. The van der Waals surface area contributed by atoms with E-state index in [0.717, 1.165) is 28.3 Å². The molecule has 2 atom stereocenters. The first-order valence-corrected chi connectivity index (χ1v) is 13.9. The molecule has 4 aromatic rings. The average molecular weight is 570 g/mol. The number of anilines is 2. The number of nitrogens with zero attached hydrogens (tertiary/aromatic N) is 3. The fourth-order valence-electron chi connectivity index (χ4n) is 5.80. The minimum Gasteiger partial charge on any atom is -0.495 e. The van der Waals surface area contributed by atoms with Crippen LogP contribution in [0.2, 0.25) is 0 Å². The zero-order chi connectivity index (χ0) is 29.3. The summed E-state index contributed by atoms with van der Waals surface area (Å²) in [5, 5.41) is 7.01. The van der Waals surface area contributed by atoms with E-state index < -0.39 is 0 Å². The van der Waals surface area contributed by atoms with Gasteiger partial charge in [0.15, 0.2) is 5.11 Å². The van der Waals surface area contributed by atoms with Gasteiger partial charge in [-0.15, -0.1) is 0 Å². The Balaban J connectivity index is 1.67. The number of nitrogens with one attached hydrogen (secondary N) is 2. The molecule has 0 bridgehead atoms. The highest BCUT2D eigenvalue weighted by molar-refractivity contribution is 7.80. The van der Waals surface area contributed by atoms with Gasteiger partial charge in [0.05, 0.1) is 36.3 Å². The molecule has 5 rings (SSSR count). The lowest BCUT2D eigenvalue weighted by Gasteiger charge is -2.29. The predicted octanol–water partition coefficient (Wildman–Crippen LogP) is 5.88. The van der Waals surface area contributed by atoms with Crippen molar-refractivity contribution in [2.45, 2.75) is 39.8 Å². The SMILES string of the molecule is COCC(=O)Nc1cc(N2C(=S)N[C@H](c3ccccn3)[C@@H]2c2cc(C)n(-c3c(C)cccc3C)c2C)ccc1OC. The van der Waals surface area contributed by atoms with E-state index in [0.29, 0.717) is 16.5 Å². The van der Waals surface area contributed by atoms with Crippen molar-refractivity contribution in [2.75, 3.05) is 31.0 Å². The summed E-state index contributed by atoms with van der Waals surface area (Å²) in [6, 6.07) is 19.8. The Morgan fingerprint density at radius 3 is 2.44 bits per heavy atom. The van der Waals surface area contributed by atoms with Gasteiger partial charge in [-0.05, 0) is 93.0 Å². The van der Waals surface area contributed by atoms with E-state index in [-0.39, 0.29) is 24.6 Å². The van der Waals surface area contributed by atoms with Crippen LogP contribution in [0.1, 0.15) is 45.9 Å². The maximum atomic E-state index is 12.4. The van der Waals surface area contributed by atoms with Crippen molar-refractivity contribution in [2.24, 2.45) is 0 Å². The molecule has 41 heavy (non-hydrogen) atoms. The summed E-state index contributed by atoms with van der Waals surface area (Å²) in [7, 11) is 3.06. The minimum absolute atomic E-state index is 0.0637. The molecule has 2 aromatic heterocycles. The molecule has 1 aliphatic rings. The maximum Gasteiger partial charge on any atom is 0.250 e. The average Bonchev–Trinajstić information content (AvgIpc) is 3.44. The number of hydrogen-bond acceptors (Lipinski definition) is 5. The molecule has 9 heteroatoms. The van der Waals surface area contributed by atoms with Crippen molar-refractivity contribution in [3.63, 3.8) is 0 Å². The molecular formula is C32H35N5O3S. The number of para-hydroxylation sites is 1. The number of hydrogen-bond donors (Lipinski definition) is 2. The molecule has 1 aliphatic heterocycles. The summed E-state index contributed by atoms with van der Waals surface area (Å²) in [5.74, 6) is 0.271. The largest absolute Gasteiger partial charge is 0.495 e. The molecule has 1 fully saturated rings. The summed E-state index contributed by atoms with van der Waals surface area (Å²) in [5.41, 5.74) is 9.25. The van der Waals surface area contributed by atoms with Crippen LogP contribution in [-0.4, -0.2) is 41.4 Å². The van der Waals surface area contributed by atoms with Gasteiger partial charge in [0.2, 0.25) is 5.91 Å². The third-order valence-electron chi connectivity index (χ3n) is 7.56. The standard InChI is InChI=1S/C32H35N5O3S/c1-19-10-9-11-20(2)30(19)36-21(3)16-24(22(36)4)31-29(25-12-7-8-15-33-25)35-32(41)37(31)23-13-14-27(40-6)26(17-23)34-28(38)18-39-5/h7-17,29,31H,18H2,1-6H3,(H,34,38)(H,35,41)/t29-,31+/m1/s1. The number of benzene rings is 2. The van der Waals surface area contributed by atoms with Gasteiger partial charge >= 0.3 is 0 Å². The zero-order valence-electron chi connectivity index (χ0n) is 24.2. The normalized spacial score (nSPS) is 16.5. The number of aromatic nitrogens is 2. The molecule has 0 unspecified atom stereocenters. The van der Waals surface area contributed by atoms with Gasteiger partial charge < -0.3 is 29.6 Å². The summed E-state index contributed by atoms with van der Waals surface area (Å²) >= 11 is 5.97. The summed E-state index contributed by atoms with van der Waals surface area (Å²) in [6.07, 6.45) is 1.80. The second-order valence-corrected chi connectivity index (χ2v) is 10.7. The number of pyridine rings is 1. The van der Waals surface area contributed by atoms with Crippen LogP contribution in [0.3, 0.4) is 0 Å². The monoisotopic (exact) mass is 569 g/mol. The molecule has 212 valence electrons. The van der Waals surface area contributed by atoms with Crippen LogP contribution in [0.25, 0.3) is 5.69 Å². The van der Waals surface area contributed by atoms with Crippen LogP contribution >= 0.6 is 12.2 Å². The summed E-state index contributed by atoms with van der Waals surface area (Å²) in [6.45, 7) is 8.53. The van der Waals surface area contributed by atoms with Gasteiger partial charge in [-0.3, -0.25) is 9.78 Å². The molecule has 1 saturated heterocycles. The highest BCUT2D eigenvalue weighted by atomic mass is 32.1. The number of aryl methyl sites for hydroxylation is 3. The lowest BCUT2D eigenvalue weighted by atomic mass is 9.96. The highest BCUT2D eigenvalue weighted by Gasteiger charge is 2.42. The zero-order valence-corrected chi connectivity index (χ0v) is 25.0. The second-order valence-electron chi connectivity index (χ2n) is 10.3. The van der Waals surface area contributed by atoms with E-state index >= 15 is 0 Å². The number of carbonyl (C=O) groups is 1. The molecule has 2 N–H and O–H groups in total. The Morgan fingerprint density at radius 1 is 1.02 bits per heavy atom. The quantitative estimate of drug-likeness (QED) is 0.257. The van der Waals surface area contributed by atoms with Crippen LogP contribution in [0.4, 0.5) is 11.4 Å². The number of ether oxygens (including phenoxy) is 2. The lowest BCUT2D eigenvalue weighted by molar-refractivity contribution is -0.119. The van der Waals surface area contributed by atoms with Crippen LogP contribution in [0.15, 0.2) is 66.9 Å². The molecule has 0 spiro atoms. The number of thiocarbonyl (C=S) groups is 1. The number of methoxy groups -OCH3 is 2. The fraction of sp³-hybridized carbons (Fsp3) is 0.281. The molecule has 8 nitrogen and oxygen atoms in total. The van der Waals surface area contributed by atoms with Gasteiger partial charge in [0.1, 0.15) is 12.4 Å². The highest BCUT2D eigenvalue weighted by Crippen LogP contribution is 2.45. The van der Waals surface area contributed by atoms with Gasteiger partial charge in [-0.1, -0.05) is 24.3 Å². The minimum atomic E-state index is -0.273. The molecule has 0 radical (unpaired) electrons. The van der Waals surface area contributed by atoms with Crippen molar-refractivity contribution >= 4 is 34.6 Å². The van der Waals surface area contributed by atoms with Crippen LogP contribution in [0, 0.1) is 27.7 Å². The van der Waals surface area contributed by atoms with Crippen molar-refractivity contribution in [1.29, 1.82) is 0 Å². The second kappa shape index (κ2) is 11.7. The lowest BCUT2D eigenvalue weighted by Crippen LogP contribution is -2.29. The van der Waals surface area contributed by atoms with E-state index in [1.54, 1.807) is 13.3 Å². The molecule has 0 aliphatic carbocycles. The van der Waals surface area contributed by atoms with Gasteiger partial charge in [0.25, 0.3) is 0 Å². The first-order valence-electron chi connectivity index (χ1n) is 13.5. The Morgan fingerprint density at radius 2 is 1.78 bits per heavy atom. The van der Waals surface area contributed by atoms with Crippen LogP contribution < -0.4 is 20.3 Å². The molecule has 1 amide bonds. The third kappa shape index (κ3) is 5.30. The maximum absolute atomic E-state index is 12.4. The number of amides is 1. The number of rotatable bonds is 8. The van der Waals surface area contributed by atoms with Gasteiger partial charge in [0, 0.05) is 30.4 Å². The van der Waals surface area contributed by atoms with Crippen molar-refractivity contribution < 1.29 is 14.3 Å². The Labute approximate surface area is 246 Å². The Kier molecular flexibility index (Phi) is 8.10. The fourth-order valence-corrected chi connectivity index (χ4v) is 6.15. The van der Waals surface area contributed by atoms with Crippen LogP contribution in [0.5, 0.6) is 5.75 Å². The molecule has 2 aromatic carbocycles. The van der Waals surface area contributed by atoms with E-state index in [4.69, 9.17) is 26.7 Å². The number of carbonyl (C=O) groups excluding carboxylic acids is 1. The van der Waals surface area contributed by atoms with Crippen molar-refractivity contribution in [3.05, 3.63) is 101 Å². The van der Waals surface area contributed by atoms with E-state index in [1.807, 2.05) is 36.4 Å². The molecule has 0 saturated carbocycles. The summed E-state index contributed by atoms with van der Waals surface area (Å²) < 4.78 is 12.9. The smallest absolute Gasteiger partial charge is 0.250 e. The van der Waals surface area contributed by atoms with Crippen molar-refractivity contribution in [1.82, 2.24) is 14.9 Å². The molecular weight excluding hydrogens is 534 g/mol. The van der Waals surface area contributed by atoms with E-state index in [1.165, 1.54) is 23.9 Å². The Hall–Kier alpha value is -4.21. The van der Waals surface area contributed by atoms with Crippen LogP contribution in [-0.2, 0) is 9.53 Å². The van der Waals surface area contributed by atoms with E-state index in [2.05, 4.69) is 72.1 Å².